The molecule has 0 fully saturated rings. The highest BCUT2D eigenvalue weighted by molar-refractivity contribution is 5.94. The zero-order chi connectivity index (χ0) is 21.4. The van der Waals surface area contributed by atoms with E-state index in [1.54, 1.807) is 32.4 Å². The van der Waals surface area contributed by atoms with Gasteiger partial charge in [-0.2, -0.15) is 0 Å². The highest BCUT2D eigenvalue weighted by Gasteiger charge is 2.17. The van der Waals surface area contributed by atoms with Crippen LogP contribution in [0.25, 0.3) is 0 Å². The largest absolute Gasteiger partial charge is 0.497 e. The molecule has 0 aliphatic rings. The van der Waals surface area contributed by atoms with Gasteiger partial charge in [0, 0.05) is 17.2 Å². The second-order valence-corrected chi connectivity index (χ2v) is 6.90. The Morgan fingerprint density at radius 1 is 1.00 bits per heavy atom. The quantitative estimate of drug-likeness (QED) is 0.551. The first-order chi connectivity index (χ1) is 13.9. The summed E-state index contributed by atoms with van der Waals surface area (Å²) in [5.74, 6) is 2.40. The van der Waals surface area contributed by atoms with Crippen LogP contribution >= 0.6 is 0 Å². The number of benzene rings is 2. The SMILES string of the molecule is COc1ccc(C[NH+](C)C[C@@H](O)COc2ccc(C(C)=O)cc2OC)c(OC)c1. The standard InChI is InChI=1S/C22H29NO6/c1-15(24)16-7-9-20(22(10-16)28-5)29-14-18(25)13-23(2)12-17-6-8-19(26-3)11-21(17)27-4/h6-11,18,25H,12-14H2,1-5H3/p+1/t18-/m1/s1. The molecule has 0 saturated heterocycles. The minimum absolute atomic E-state index is 0.0472. The number of methoxy groups -OCH3 is 3. The Kier molecular flexibility index (Phi) is 8.30. The molecule has 0 saturated carbocycles. The van der Waals surface area contributed by atoms with Crippen LogP contribution in [0.1, 0.15) is 22.8 Å². The van der Waals surface area contributed by atoms with Gasteiger partial charge in [0.05, 0.1) is 28.4 Å². The van der Waals surface area contributed by atoms with E-state index in [2.05, 4.69) is 0 Å². The van der Waals surface area contributed by atoms with E-state index in [9.17, 15) is 9.90 Å². The number of carbonyl (C=O) groups is 1. The third-order valence-electron chi connectivity index (χ3n) is 4.57. The van der Waals surface area contributed by atoms with Gasteiger partial charge >= 0.3 is 0 Å². The molecule has 0 spiro atoms. The lowest BCUT2D eigenvalue weighted by molar-refractivity contribution is -0.897. The molecule has 7 heteroatoms. The van der Waals surface area contributed by atoms with Crippen LogP contribution in [0.5, 0.6) is 23.0 Å². The first kappa shape index (κ1) is 22.5. The van der Waals surface area contributed by atoms with Gasteiger partial charge in [0.25, 0.3) is 0 Å². The van der Waals surface area contributed by atoms with Crippen LogP contribution in [0.3, 0.4) is 0 Å². The second-order valence-electron chi connectivity index (χ2n) is 6.90. The summed E-state index contributed by atoms with van der Waals surface area (Å²) in [7, 11) is 6.75. The molecule has 0 radical (unpaired) electrons. The van der Waals surface area contributed by atoms with Gasteiger partial charge in [-0.3, -0.25) is 4.79 Å². The molecule has 0 heterocycles. The van der Waals surface area contributed by atoms with Gasteiger partial charge in [-0.1, -0.05) is 0 Å². The van der Waals surface area contributed by atoms with Crippen molar-refractivity contribution in [2.75, 3.05) is 41.5 Å². The van der Waals surface area contributed by atoms with Crippen LogP contribution in [-0.4, -0.2) is 58.5 Å². The number of quaternary nitrogens is 1. The van der Waals surface area contributed by atoms with Crippen LogP contribution in [0.2, 0.25) is 0 Å². The third kappa shape index (κ3) is 6.37. The molecule has 0 amide bonds. The van der Waals surface area contributed by atoms with Gasteiger partial charge in [0.1, 0.15) is 37.3 Å². The summed E-state index contributed by atoms with van der Waals surface area (Å²) in [6.07, 6.45) is -0.670. The number of nitrogens with one attached hydrogen (secondary N) is 1. The Bertz CT molecular complexity index is 823. The average Bonchev–Trinajstić information content (AvgIpc) is 2.72. The normalized spacial score (nSPS) is 12.8. The molecule has 1 unspecified atom stereocenters. The summed E-state index contributed by atoms with van der Waals surface area (Å²) in [5.41, 5.74) is 1.58. The molecule has 29 heavy (non-hydrogen) atoms. The molecular weight excluding hydrogens is 374 g/mol. The van der Waals surface area contributed by atoms with Crippen molar-refractivity contribution in [3.63, 3.8) is 0 Å². The van der Waals surface area contributed by atoms with Crippen LogP contribution in [-0.2, 0) is 6.54 Å². The number of ketones is 1. The van der Waals surface area contributed by atoms with E-state index in [1.165, 1.54) is 14.0 Å². The molecule has 0 aliphatic heterocycles. The number of likely N-dealkylation sites (N-methyl/N-ethyl adjacent to an activating group) is 1. The molecule has 0 aliphatic carbocycles. The van der Waals surface area contributed by atoms with Crippen molar-refractivity contribution in [2.45, 2.75) is 19.6 Å². The summed E-state index contributed by atoms with van der Waals surface area (Å²) in [5, 5.41) is 10.4. The van der Waals surface area contributed by atoms with E-state index in [0.717, 1.165) is 22.0 Å². The minimum atomic E-state index is -0.670. The van der Waals surface area contributed by atoms with E-state index in [0.29, 0.717) is 30.2 Å². The molecule has 2 aromatic rings. The van der Waals surface area contributed by atoms with Gasteiger partial charge in [0.15, 0.2) is 17.3 Å². The number of aliphatic hydroxyl groups is 1. The first-order valence-corrected chi connectivity index (χ1v) is 9.40. The number of hydrogen-bond donors (Lipinski definition) is 2. The summed E-state index contributed by atoms with van der Waals surface area (Å²) in [6, 6.07) is 10.7. The van der Waals surface area contributed by atoms with Gasteiger partial charge in [-0.05, 0) is 37.3 Å². The maximum absolute atomic E-state index is 11.5. The van der Waals surface area contributed by atoms with E-state index in [1.807, 2.05) is 25.2 Å². The van der Waals surface area contributed by atoms with Gasteiger partial charge < -0.3 is 29.0 Å². The smallest absolute Gasteiger partial charge is 0.161 e. The van der Waals surface area contributed by atoms with E-state index in [-0.39, 0.29) is 12.4 Å². The van der Waals surface area contributed by atoms with Crippen molar-refractivity contribution in [1.82, 2.24) is 0 Å². The second kappa shape index (κ2) is 10.7. The predicted molar refractivity (Wildman–Crippen MR) is 110 cm³/mol. The predicted octanol–water partition coefficient (Wildman–Crippen LogP) is 1.37. The van der Waals surface area contributed by atoms with E-state index >= 15 is 0 Å². The molecule has 158 valence electrons. The zero-order valence-electron chi connectivity index (χ0n) is 17.7. The Labute approximate surface area is 171 Å². The van der Waals surface area contributed by atoms with Gasteiger partial charge in [0.2, 0.25) is 0 Å². The first-order valence-electron chi connectivity index (χ1n) is 9.40. The fourth-order valence-corrected chi connectivity index (χ4v) is 3.05. The number of aliphatic hydroxyl groups excluding tert-OH is 1. The Morgan fingerprint density at radius 3 is 2.34 bits per heavy atom. The highest BCUT2D eigenvalue weighted by atomic mass is 16.5. The molecular formula is C22H30NO6+. The molecule has 0 aromatic heterocycles. The van der Waals surface area contributed by atoms with Gasteiger partial charge in [-0.25, -0.2) is 0 Å². The number of carbonyl (C=O) groups excluding carboxylic acids is 1. The zero-order valence-corrected chi connectivity index (χ0v) is 17.7. The Morgan fingerprint density at radius 2 is 1.72 bits per heavy atom. The van der Waals surface area contributed by atoms with Crippen molar-refractivity contribution in [3.05, 3.63) is 47.5 Å². The van der Waals surface area contributed by atoms with Crippen LogP contribution < -0.4 is 23.8 Å². The third-order valence-corrected chi connectivity index (χ3v) is 4.57. The molecule has 2 atom stereocenters. The number of rotatable bonds is 11. The average molecular weight is 404 g/mol. The monoisotopic (exact) mass is 404 g/mol. The molecule has 2 aromatic carbocycles. The number of Topliss-reactive ketones (excluding diaryl/α,β-unsaturated/α-hetero) is 1. The number of ether oxygens (including phenoxy) is 4. The highest BCUT2D eigenvalue weighted by Crippen LogP contribution is 2.28. The minimum Gasteiger partial charge on any atom is -0.497 e. The Balaban J connectivity index is 1.92. The number of hydrogen-bond acceptors (Lipinski definition) is 6. The van der Waals surface area contributed by atoms with Gasteiger partial charge in [-0.15, -0.1) is 0 Å². The Hall–Kier alpha value is -2.77. The maximum atomic E-state index is 11.5. The van der Waals surface area contributed by atoms with Crippen molar-refractivity contribution >= 4 is 5.78 Å². The van der Waals surface area contributed by atoms with E-state index < -0.39 is 6.10 Å². The summed E-state index contributed by atoms with van der Waals surface area (Å²) in [6.45, 7) is 2.78. The molecule has 0 bridgehead atoms. The lowest BCUT2D eigenvalue weighted by Crippen LogP contribution is -3.09. The van der Waals surface area contributed by atoms with Crippen molar-refractivity contribution in [2.24, 2.45) is 0 Å². The maximum Gasteiger partial charge on any atom is 0.161 e. The summed E-state index contributed by atoms with van der Waals surface area (Å²) in [4.78, 5) is 12.6. The van der Waals surface area contributed by atoms with Crippen LogP contribution in [0, 0.1) is 0 Å². The van der Waals surface area contributed by atoms with Crippen molar-refractivity contribution in [3.8, 4) is 23.0 Å². The lowest BCUT2D eigenvalue weighted by Gasteiger charge is -2.20. The fraction of sp³-hybridized carbons (Fsp3) is 0.409. The van der Waals surface area contributed by atoms with Crippen molar-refractivity contribution in [1.29, 1.82) is 0 Å². The summed E-state index contributed by atoms with van der Waals surface area (Å²) >= 11 is 0. The lowest BCUT2D eigenvalue weighted by atomic mass is 10.1. The van der Waals surface area contributed by atoms with Crippen LogP contribution in [0.15, 0.2) is 36.4 Å². The fourth-order valence-electron chi connectivity index (χ4n) is 3.05. The summed E-state index contributed by atoms with van der Waals surface area (Å²) < 4.78 is 21.6. The molecule has 2 rings (SSSR count). The topological polar surface area (TPSA) is 78.7 Å². The van der Waals surface area contributed by atoms with Crippen molar-refractivity contribution < 1.29 is 33.7 Å². The molecule has 2 N–H and O–H groups in total. The van der Waals surface area contributed by atoms with E-state index in [4.69, 9.17) is 18.9 Å². The van der Waals surface area contributed by atoms with Crippen LogP contribution in [0.4, 0.5) is 0 Å². The molecule has 7 nitrogen and oxygen atoms in total.